The fourth-order valence-electron chi connectivity index (χ4n) is 5.47. The Kier molecular flexibility index (Phi) is 17.2. The highest BCUT2D eigenvalue weighted by Crippen LogP contribution is 2.29. The molecule has 4 unspecified atom stereocenters. The molecule has 0 saturated carbocycles. The van der Waals surface area contributed by atoms with Gasteiger partial charge in [-0.1, -0.05) is 47.3 Å². The molecule has 0 fully saturated rings. The van der Waals surface area contributed by atoms with Gasteiger partial charge >= 0.3 is 17.9 Å². The zero-order chi connectivity index (χ0) is 35.3. The molecule has 0 aliphatic carbocycles. The summed E-state index contributed by atoms with van der Waals surface area (Å²) in [5, 5.41) is 50.5. The normalized spacial score (nSPS) is 19.5. The Balaban J connectivity index is 2.50. The minimum Gasteiger partial charge on any atom is -0.507 e. The maximum Gasteiger partial charge on any atom is 0.342 e. The summed E-state index contributed by atoms with van der Waals surface area (Å²) in [6.07, 6.45) is 1.85. The van der Waals surface area contributed by atoms with Crippen LogP contribution in [0, 0.1) is 23.7 Å². The first kappa shape index (κ1) is 40.7. The molecular formula is C35H54O11. The standard InChI is InChI=1S/C35H54O11/c1-9-26(30(39)17-32(41)42)12-10-11-19(2)15-20(3)13-14-27(36)23(6)29(38)16-28(37)21(4)24(7)45-33(43)18-31(40)34-22(5)25(8)46-35(34)44/h12,17,19-21,23-24,27-28,31,36-37,39-40H,8-11,13-16,18H2,1-7H3,(H,41,42)/b26-12+,30-17?/t19-,20?,21+,23-,24+,27?,28?,31?/m0/s1. The fourth-order valence-corrected chi connectivity index (χ4v) is 5.47. The van der Waals surface area contributed by atoms with E-state index in [4.69, 9.17) is 14.6 Å². The van der Waals surface area contributed by atoms with Gasteiger partial charge in [0, 0.05) is 23.8 Å². The second-order valence-corrected chi connectivity index (χ2v) is 12.8. The lowest BCUT2D eigenvalue weighted by Gasteiger charge is -2.27. The molecule has 46 heavy (non-hydrogen) atoms. The Morgan fingerprint density at radius 1 is 0.935 bits per heavy atom. The van der Waals surface area contributed by atoms with E-state index in [1.165, 1.54) is 0 Å². The SMILES string of the molecule is C=C1OC(=O)C(C(O)CC(=O)O[C@H](C)[C@@H](C)C(O)CC(=O)[C@@H](C)C(O)CCC(C)C[C@@H](C)CC/C=C(\CC)C(O)=CC(=O)O)=C1C. The van der Waals surface area contributed by atoms with Gasteiger partial charge in [0.15, 0.2) is 0 Å². The summed E-state index contributed by atoms with van der Waals surface area (Å²) in [4.78, 5) is 48.0. The first-order valence-corrected chi connectivity index (χ1v) is 16.1. The van der Waals surface area contributed by atoms with E-state index in [9.17, 15) is 39.6 Å². The molecule has 0 aromatic rings. The van der Waals surface area contributed by atoms with Crippen LogP contribution in [0.3, 0.4) is 0 Å². The predicted octanol–water partition coefficient (Wildman–Crippen LogP) is 5.09. The van der Waals surface area contributed by atoms with Crippen LogP contribution in [0.1, 0.15) is 99.8 Å². The highest BCUT2D eigenvalue weighted by atomic mass is 16.5. The van der Waals surface area contributed by atoms with E-state index >= 15 is 0 Å². The van der Waals surface area contributed by atoms with Gasteiger partial charge in [0.25, 0.3) is 0 Å². The third-order valence-corrected chi connectivity index (χ3v) is 8.89. The number of ketones is 1. The number of allylic oxidation sites excluding steroid dienone is 3. The minimum absolute atomic E-state index is 0.0471. The molecule has 0 aromatic heterocycles. The molecule has 0 bridgehead atoms. The summed E-state index contributed by atoms with van der Waals surface area (Å²) < 4.78 is 10.2. The largest absolute Gasteiger partial charge is 0.507 e. The van der Waals surface area contributed by atoms with Crippen molar-refractivity contribution in [3.8, 4) is 0 Å². The van der Waals surface area contributed by atoms with Crippen LogP contribution < -0.4 is 0 Å². The van der Waals surface area contributed by atoms with Crippen LogP contribution in [0.5, 0.6) is 0 Å². The molecule has 0 radical (unpaired) electrons. The molecule has 0 saturated heterocycles. The quantitative estimate of drug-likeness (QED) is 0.0481. The van der Waals surface area contributed by atoms with Crippen molar-refractivity contribution in [2.45, 2.75) is 124 Å². The second kappa shape index (κ2) is 19.4. The van der Waals surface area contributed by atoms with Gasteiger partial charge in [-0.25, -0.2) is 9.59 Å². The van der Waals surface area contributed by atoms with Crippen molar-refractivity contribution >= 4 is 23.7 Å². The van der Waals surface area contributed by atoms with Gasteiger partial charge < -0.3 is 35.0 Å². The highest BCUT2D eigenvalue weighted by molar-refractivity contribution is 5.96. The van der Waals surface area contributed by atoms with Crippen molar-refractivity contribution in [1.82, 2.24) is 0 Å². The second-order valence-electron chi connectivity index (χ2n) is 12.8. The van der Waals surface area contributed by atoms with Gasteiger partial charge in [-0.05, 0) is 69.8 Å². The molecule has 0 spiro atoms. The number of aliphatic hydroxyl groups excluding tert-OH is 4. The van der Waals surface area contributed by atoms with E-state index in [1.807, 2.05) is 13.0 Å². The topological polar surface area (TPSA) is 188 Å². The average Bonchev–Trinajstić information content (AvgIpc) is 3.22. The number of Topliss-reactive ketones (excluding diaryl/α,β-unsaturated/α-hetero) is 1. The molecule has 0 amide bonds. The van der Waals surface area contributed by atoms with Crippen LogP contribution in [0.2, 0.25) is 0 Å². The number of cyclic esters (lactones) is 1. The minimum atomic E-state index is -1.43. The number of carbonyl (C=O) groups excluding carboxylic acids is 3. The lowest BCUT2D eigenvalue weighted by molar-refractivity contribution is -0.154. The van der Waals surface area contributed by atoms with E-state index in [1.54, 1.807) is 27.7 Å². The van der Waals surface area contributed by atoms with Crippen molar-refractivity contribution in [2.24, 2.45) is 23.7 Å². The van der Waals surface area contributed by atoms with Crippen molar-refractivity contribution in [3.05, 3.63) is 47.0 Å². The first-order chi connectivity index (χ1) is 21.4. The molecule has 1 heterocycles. The smallest absolute Gasteiger partial charge is 0.342 e. The molecule has 8 atom stereocenters. The Bertz CT molecular complexity index is 1180. The van der Waals surface area contributed by atoms with Gasteiger partial charge in [-0.2, -0.15) is 0 Å². The number of aliphatic carboxylic acids is 1. The summed E-state index contributed by atoms with van der Waals surface area (Å²) in [6, 6.07) is 0. The number of esters is 2. The third kappa shape index (κ3) is 13.2. The number of hydrogen-bond donors (Lipinski definition) is 5. The lowest BCUT2D eigenvalue weighted by atomic mass is 9.85. The van der Waals surface area contributed by atoms with Gasteiger partial charge in [0.1, 0.15) is 23.4 Å². The molecule has 1 rings (SSSR count). The number of carboxylic acids is 1. The van der Waals surface area contributed by atoms with Gasteiger partial charge in [0.05, 0.1) is 36.4 Å². The van der Waals surface area contributed by atoms with Crippen LogP contribution in [0.15, 0.2) is 47.0 Å². The van der Waals surface area contributed by atoms with Gasteiger partial charge in [-0.15, -0.1) is 0 Å². The summed E-state index contributed by atoms with van der Waals surface area (Å²) >= 11 is 0. The van der Waals surface area contributed by atoms with Crippen LogP contribution in [0.25, 0.3) is 0 Å². The molecular weight excluding hydrogens is 596 g/mol. The number of carbonyl (C=O) groups is 4. The molecule has 5 N–H and O–H groups in total. The average molecular weight is 651 g/mol. The lowest BCUT2D eigenvalue weighted by Crippen LogP contribution is -2.36. The summed E-state index contributed by atoms with van der Waals surface area (Å²) in [5.41, 5.74) is 0.917. The molecule has 1 aliphatic heterocycles. The zero-order valence-electron chi connectivity index (χ0n) is 28.3. The van der Waals surface area contributed by atoms with Crippen LogP contribution in [-0.4, -0.2) is 73.6 Å². The van der Waals surface area contributed by atoms with E-state index in [-0.39, 0.29) is 29.3 Å². The van der Waals surface area contributed by atoms with E-state index in [0.29, 0.717) is 48.7 Å². The van der Waals surface area contributed by atoms with E-state index in [2.05, 4.69) is 20.4 Å². The maximum atomic E-state index is 12.9. The third-order valence-electron chi connectivity index (χ3n) is 8.89. The molecule has 11 nitrogen and oxygen atoms in total. The van der Waals surface area contributed by atoms with Crippen molar-refractivity contribution in [1.29, 1.82) is 0 Å². The molecule has 0 aromatic carbocycles. The van der Waals surface area contributed by atoms with Gasteiger partial charge in [0.2, 0.25) is 0 Å². The fraction of sp³-hybridized carbons (Fsp3) is 0.657. The monoisotopic (exact) mass is 650 g/mol. The Hall–Kier alpha value is -3.28. The highest BCUT2D eigenvalue weighted by Gasteiger charge is 2.34. The molecule has 1 aliphatic rings. The van der Waals surface area contributed by atoms with Crippen molar-refractivity contribution in [3.63, 3.8) is 0 Å². The van der Waals surface area contributed by atoms with Crippen LogP contribution in [0.4, 0.5) is 0 Å². The first-order valence-electron chi connectivity index (χ1n) is 16.1. The van der Waals surface area contributed by atoms with Gasteiger partial charge in [-0.3, -0.25) is 9.59 Å². The Morgan fingerprint density at radius 2 is 1.54 bits per heavy atom. The van der Waals surface area contributed by atoms with E-state index < -0.39 is 60.6 Å². The zero-order valence-corrected chi connectivity index (χ0v) is 28.3. The number of hydrogen-bond acceptors (Lipinski definition) is 10. The van der Waals surface area contributed by atoms with Crippen molar-refractivity contribution < 1.29 is 54.2 Å². The summed E-state index contributed by atoms with van der Waals surface area (Å²) in [6.45, 7) is 16.0. The maximum absolute atomic E-state index is 12.9. The number of rotatable bonds is 21. The number of carboxylic acid groups (broad SMARTS) is 1. The predicted molar refractivity (Wildman–Crippen MR) is 172 cm³/mol. The Labute approximate surface area is 272 Å². The Morgan fingerprint density at radius 3 is 2.09 bits per heavy atom. The molecule has 260 valence electrons. The van der Waals surface area contributed by atoms with Crippen LogP contribution >= 0.6 is 0 Å². The molecule has 11 heteroatoms. The van der Waals surface area contributed by atoms with Crippen molar-refractivity contribution in [2.75, 3.05) is 0 Å². The van der Waals surface area contributed by atoms with Crippen LogP contribution in [-0.2, 0) is 28.7 Å². The number of ether oxygens (including phenoxy) is 2. The summed E-state index contributed by atoms with van der Waals surface area (Å²) in [7, 11) is 0. The number of aliphatic hydroxyl groups is 4. The van der Waals surface area contributed by atoms with E-state index in [0.717, 1.165) is 18.9 Å². The summed E-state index contributed by atoms with van der Waals surface area (Å²) in [5.74, 6) is -3.81.